The largest absolute Gasteiger partial charge is 0.508 e. The molecule has 4 heteroatoms. The number of carbonyl (C=O) groups excluding carboxylic acids is 1. The summed E-state index contributed by atoms with van der Waals surface area (Å²) < 4.78 is 0. The summed E-state index contributed by atoms with van der Waals surface area (Å²) >= 11 is 5.83. The molecular weight excluding hydrogens is 274 g/mol. The van der Waals surface area contributed by atoms with Crippen LogP contribution in [0, 0.1) is 0 Å². The van der Waals surface area contributed by atoms with Crippen LogP contribution in [-0.2, 0) is 11.2 Å². The fourth-order valence-electron chi connectivity index (χ4n) is 1.98. The minimum absolute atomic E-state index is 0.0851. The first-order valence-corrected chi connectivity index (χ1v) is 6.75. The summed E-state index contributed by atoms with van der Waals surface area (Å²) in [5.41, 5.74) is 1.78. The zero-order valence-electron chi connectivity index (χ0n) is 11.1. The number of carbonyl (C=O) groups is 1. The Hall–Kier alpha value is -2.00. The highest BCUT2D eigenvalue weighted by Crippen LogP contribution is 2.16. The first kappa shape index (κ1) is 14.4. The lowest BCUT2D eigenvalue weighted by Gasteiger charge is -2.14. The predicted molar refractivity (Wildman–Crippen MR) is 79.8 cm³/mol. The number of hydrogen-bond donors (Lipinski definition) is 2. The SMILES string of the molecule is CC(NC(=O)Cc1cccc(O)c1)c1ccc(Cl)cc1. The second-order valence-corrected chi connectivity index (χ2v) is 5.12. The van der Waals surface area contributed by atoms with Crippen LogP contribution >= 0.6 is 11.6 Å². The van der Waals surface area contributed by atoms with E-state index in [1.165, 1.54) is 0 Å². The molecule has 0 saturated heterocycles. The van der Waals surface area contributed by atoms with E-state index >= 15 is 0 Å². The van der Waals surface area contributed by atoms with Gasteiger partial charge in [-0.2, -0.15) is 0 Å². The normalized spacial score (nSPS) is 11.9. The quantitative estimate of drug-likeness (QED) is 0.905. The van der Waals surface area contributed by atoms with Crippen LogP contribution in [0.5, 0.6) is 5.75 Å². The molecule has 0 aliphatic carbocycles. The van der Waals surface area contributed by atoms with Crippen molar-refractivity contribution in [3.63, 3.8) is 0 Å². The van der Waals surface area contributed by atoms with Gasteiger partial charge in [0.05, 0.1) is 12.5 Å². The van der Waals surface area contributed by atoms with Crippen molar-refractivity contribution in [3.05, 3.63) is 64.7 Å². The van der Waals surface area contributed by atoms with Gasteiger partial charge in [0.1, 0.15) is 5.75 Å². The second-order valence-electron chi connectivity index (χ2n) is 4.69. The van der Waals surface area contributed by atoms with Gasteiger partial charge in [-0.3, -0.25) is 4.79 Å². The van der Waals surface area contributed by atoms with E-state index in [2.05, 4.69) is 5.32 Å². The molecule has 20 heavy (non-hydrogen) atoms. The summed E-state index contributed by atoms with van der Waals surface area (Å²) in [5.74, 6) is 0.0825. The zero-order valence-corrected chi connectivity index (χ0v) is 11.9. The molecule has 2 aromatic rings. The highest BCUT2D eigenvalue weighted by atomic mass is 35.5. The fourth-order valence-corrected chi connectivity index (χ4v) is 2.11. The maximum absolute atomic E-state index is 12.0. The summed E-state index contributed by atoms with van der Waals surface area (Å²) in [7, 11) is 0. The lowest BCUT2D eigenvalue weighted by molar-refractivity contribution is -0.121. The van der Waals surface area contributed by atoms with E-state index in [1.807, 2.05) is 25.1 Å². The molecule has 1 atom stereocenters. The number of halogens is 1. The fraction of sp³-hybridized carbons (Fsp3) is 0.188. The van der Waals surface area contributed by atoms with Gasteiger partial charge in [0.2, 0.25) is 5.91 Å². The highest BCUT2D eigenvalue weighted by Gasteiger charge is 2.10. The average molecular weight is 290 g/mol. The van der Waals surface area contributed by atoms with E-state index < -0.39 is 0 Å². The third-order valence-corrected chi connectivity index (χ3v) is 3.27. The second kappa shape index (κ2) is 6.44. The van der Waals surface area contributed by atoms with Crippen LogP contribution in [0.25, 0.3) is 0 Å². The Morgan fingerprint density at radius 2 is 1.95 bits per heavy atom. The van der Waals surface area contributed by atoms with E-state index in [1.54, 1.807) is 30.3 Å². The average Bonchev–Trinajstić information content (AvgIpc) is 2.39. The molecule has 0 heterocycles. The Bertz CT molecular complexity index is 596. The molecule has 0 aliphatic rings. The lowest BCUT2D eigenvalue weighted by atomic mass is 10.1. The number of phenolic OH excluding ortho intramolecular Hbond substituents is 1. The molecule has 0 radical (unpaired) electrons. The van der Waals surface area contributed by atoms with Gasteiger partial charge in [-0.25, -0.2) is 0 Å². The van der Waals surface area contributed by atoms with E-state index in [4.69, 9.17) is 11.6 Å². The van der Waals surface area contributed by atoms with Crippen molar-refractivity contribution in [2.45, 2.75) is 19.4 Å². The van der Waals surface area contributed by atoms with Gasteiger partial charge in [-0.05, 0) is 42.3 Å². The van der Waals surface area contributed by atoms with Gasteiger partial charge in [0.25, 0.3) is 0 Å². The van der Waals surface area contributed by atoms with Crippen molar-refractivity contribution in [2.75, 3.05) is 0 Å². The van der Waals surface area contributed by atoms with Crippen LogP contribution in [0.4, 0.5) is 0 Å². The maximum Gasteiger partial charge on any atom is 0.224 e. The molecule has 0 aromatic heterocycles. The lowest BCUT2D eigenvalue weighted by Crippen LogP contribution is -2.28. The Labute approximate surface area is 123 Å². The van der Waals surface area contributed by atoms with Gasteiger partial charge in [0, 0.05) is 5.02 Å². The number of benzene rings is 2. The van der Waals surface area contributed by atoms with E-state index in [0.717, 1.165) is 11.1 Å². The smallest absolute Gasteiger partial charge is 0.224 e. The summed E-state index contributed by atoms with van der Waals surface area (Å²) in [5, 5.41) is 13.0. The Kier molecular flexibility index (Phi) is 4.64. The number of rotatable bonds is 4. The minimum Gasteiger partial charge on any atom is -0.508 e. The molecule has 2 N–H and O–H groups in total. The van der Waals surface area contributed by atoms with Crippen molar-refractivity contribution < 1.29 is 9.90 Å². The molecular formula is C16H16ClNO2. The third-order valence-electron chi connectivity index (χ3n) is 3.02. The first-order chi connectivity index (χ1) is 9.54. The van der Waals surface area contributed by atoms with Gasteiger partial charge in [-0.15, -0.1) is 0 Å². The number of nitrogens with one attached hydrogen (secondary N) is 1. The highest BCUT2D eigenvalue weighted by molar-refractivity contribution is 6.30. The van der Waals surface area contributed by atoms with Crippen molar-refractivity contribution in [1.29, 1.82) is 0 Å². The molecule has 0 spiro atoms. The Balaban J connectivity index is 1.95. The number of phenols is 1. The third kappa shape index (κ3) is 4.00. The minimum atomic E-state index is -0.0860. The molecule has 0 bridgehead atoms. The van der Waals surface area contributed by atoms with Gasteiger partial charge in [-0.1, -0.05) is 35.9 Å². The predicted octanol–water partition coefficient (Wildman–Crippen LogP) is 3.47. The topological polar surface area (TPSA) is 49.3 Å². The van der Waals surface area contributed by atoms with Crippen LogP contribution in [0.3, 0.4) is 0 Å². The molecule has 0 fully saturated rings. The van der Waals surface area contributed by atoms with Crippen LogP contribution in [-0.4, -0.2) is 11.0 Å². The monoisotopic (exact) mass is 289 g/mol. The van der Waals surface area contributed by atoms with Crippen molar-refractivity contribution >= 4 is 17.5 Å². The molecule has 2 aromatic carbocycles. The molecule has 3 nitrogen and oxygen atoms in total. The Morgan fingerprint density at radius 1 is 1.25 bits per heavy atom. The van der Waals surface area contributed by atoms with Crippen molar-refractivity contribution in [1.82, 2.24) is 5.32 Å². The van der Waals surface area contributed by atoms with Crippen LogP contribution in [0.15, 0.2) is 48.5 Å². The van der Waals surface area contributed by atoms with Crippen molar-refractivity contribution in [3.8, 4) is 5.75 Å². The summed E-state index contributed by atoms with van der Waals surface area (Å²) in [4.78, 5) is 12.0. The number of hydrogen-bond acceptors (Lipinski definition) is 2. The number of aromatic hydroxyl groups is 1. The first-order valence-electron chi connectivity index (χ1n) is 6.37. The Morgan fingerprint density at radius 3 is 2.60 bits per heavy atom. The number of amides is 1. The molecule has 1 unspecified atom stereocenters. The van der Waals surface area contributed by atoms with Gasteiger partial charge >= 0.3 is 0 Å². The van der Waals surface area contributed by atoms with Crippen LogP contribution in [0.1, 0.15) is 24.1 Å². The van der Waals surface area contributed by atoms with Crippen LogP contribution < -0.4 is 5.32 Å². The van der Waals surface area contributed by atoms with Gasteiger partial charge in [0.15, 0.2) is 0 Å². The summed E-state index contributed by atoms with van der Waals surface area (Å²) in [6.45, 7) is 1.92. The van der Waals surface area contributed by atoms with Gasteiger partial charge < -0.3 is 10.4 Å². The summed E-state index contributed by atoms with van der Waals surface area (Å²) in [6.07, 6.45) is 0.242. The molecule has 104 valence electrons. The molecule has 2 rings (SSSR count). The molecule has 1 amide bonds. The maximum atomic E-state index is 12.0. The molecule has 0 saturated carbocycles. The van der Waals surface area contributed by atoms with Crippen LogP contribution in [0.2, 0.25) is 5.02 Å². The van der Waals surface area contributed by atoms with E-state index in [9.17, 15) is 9.90 Å². The van der Waals surface area contributed by atoms with Crippen molar-refractivity contribution in [2.24, 2.45) is 0 Å². The standard InChI is InChI=1S/C16H16ClNO2/c1-11(13-5-7-14(17)8-6-13)18-16(20)10-12-3-2-4-15(19)9-12/h2-9,11,19H,10H2,1H3,(H,18,20). The van der Waals surface area contributed by atoms with E-state index in [-0.39, 0.29) is 24.1 Å². The zero-order chi connectivity index (χ0) is 14.5. The molecule has 0 aliphatic heterocycles. The summed E-state index contributed by atoms with van der Waals surface area (Å²) in [6, 6.07) is 14.0. The van der Waals surface area contributed by atoms with E-state index in [0.29, 0.717) is 5.02 Å².